The Hall–Kier alpha value is -2.04. The van der Waals surface area contributed by atoms with Gasteiger partial charge in [-0.3, -0.25) is 4.79 Å². The highest BCUT2D eigenvalue weighted by molar-refractivity contribution is 5.88. The standard InChI is InChI=1S/C16H19NO4/c18-14(17-16(15(19)20)6-1-2-7-16)10-11-3-4-13-12(9-11)5-8-21-13/h3-4,9H,1-2,5-8,10H2,(H,17,18)(H,19,20). The first-order chi connectivity index (χ1) is 10.1. The van der Waals surface area contributed by atoms with Crippen LogP contribution in [0, 0.1) is 0 Å². The average Bonchev–Trinajstić information content (AvgIpc) is 3.07. The number of amides is 1. The number of benzene rings is 1. The van der Waals surface area contributed by atoms with Crippen LogP contribution in [0.1, 0.15) is 36.8 Å². The third kappa shape index (κ3) is 2.73. The third-order valence-corrected chi connectivity index (χ3v) is 4.36. The van der Waals surface area contributed by atoms with Gasteiger partial charge < -0.3 is 15.2 Å². The van der Waals surface area contributed by atoms with Crippen LogP contribution >= 0.6 is 0 Å². The van der Waals surface area contributed by atoms with Gasteiger partial charge in [0.15, 0.2) is 0 Å². The van der Waals surface area contributed by atoms with Crippen molar-refractivity contribution in [1.82, 2.24) is 5.32 Å². The Balaban J connectivity index is 1.67. The van der Waals surface area contributed by atoms with Crippen LogP contribution < -0.4 is 10.1 Å². The van der Waals surface area contributed by atoms with Crippen molar-refractivity contribution < 1.29 is 19.4 Å². The molecule has 5 nitrogen and oxygen atoms in total. The van der Waals surface area contributed by atoms with Gasteiger partial charge in [0.25, 0.3) is 0 Å². The van der Waals surface area contributed by atoms with E-state index in [2.05, 4.69) is 5.32 Å². The fourth-order valence-electron chi connectivity index (χ4n) is 3.22. The molecule has 112 valence electrons. The second-order valence-corrected chi connectivity index (χ2v) is 5.86. The maximum Gasteiger partial charge on any atom is 0.329 e. The molecule has 1 saturated carbocycles. The van der Waals surface area contributed by atoms with Gasteiger partial charge in [-0.15, -0.1) is 0 Å². The van der Waals surface area contributed by atoms with Gasteiger partial charge in [0.2, 0.25) is 5.91 Å². The van der Waals surface area contributed by atoms with E-state index >= 15 is 0 Å². The van der Waals surface area contributed by atoms with Crippen LogP contribution in [0.4, 0.5) is 0 Å². The summed E-state index contributed by atoms with van der Waals surface area (Å²) in [5.74, 6) is -0.258. The zero-order valence-corrected chi connectivity index (χ0v) is 11.9. The summed E-state index contributed by atoms with van der Waals surface area (Å²) in [6, 6.07) is 5.73. The summed E-state index contributed by atoms with van der Waals surface area (Å²) in [7, 11) is 0. The van der Waals surface area contributed by atoms with Crippen LogP contribution in [-0.4, -0.2) is 29.1 Å². The molecule has 1 aromatic rings. The van der Waals surface area contributed by atoms with Crippen molar-refractivity contribution in [1.29, 1.82) is 0 Å². The largest absolute Gasteiger partial charge is 0.493 e. The van der Waals surface area contributed by atoms with E-state index in [0.717, 1.165) is 36.1 Å². The van der Waals surface area contributed by atoms with Gasteiger partial charge in [0, 0.05) is 6.42 Å². The fraction of sp³-hybridized carbons (Fsp3) is 0.500. The van der Waals surface area contributed by atoms with Crippen molar-refractivity contribution in [3.8, 4) is 5.75 Å². The maximum absolute atomic E-state index is 12.2. The topological polar surface area (TPSA) is 75.6 Å². The average molecular weight is 289 g/mol. The minimum absolute atomic E-state index is 0.211. The van der Waals surface area contributed by atoms with Crippen LogP contribution in [0.2, 0.25) is 0 Å². The second-order valence-electron chi connectivity index (χ2n) is 5.86. The number of aliphatic carboxylic acids is 1. The molecule has 1 amide bonds. The number of fused-ring (bicyclic) bond motifs is 1. The Labute approximate surface area is 123 Å². The second kappa shape index (κ2) is 5.39. The molecule has 0 unspecified atom stereocenters. The van der Waals surface area contributed by atoms with Crippen molar-refractivity contribution in [2.75, 3.05) is 6.61 Å². The van der Waals surface area contributed by atoms with E-state index in [0.29, 0.717) is 19.4 Å². The van der Waals surface area contributed by atoms with E-state index in [4.69, 9.17) is 4.74 Å². The Morgan fingerprint density at radius 1 is 1.29 bits per heavy atom. The Kier molecular flexibility index (Phi) is 3.57. The molecule has 2 N–H and O–H groups in total. The van der Waals surface area contributed by atoms with Gasteiger partial charge in [-0.05, 0) is 30.0 Å². The number of hydrogen-bond acceptors (Lipinski definition) is 3. The predicted octanol–water partition coefficient (Wildman–Crippen LogP) is 1.68. The molecule has 0 radical (unpaired) electrons. The molecule has 0 aromatic heterocycles. The lowest BCUT2D eigenvalue weighted by molar-refractivity contribution is -0.147. The van der Waals surface area contributed by atoms with Gasteiger partial charge in [-0.25, -0.2) is 4.79 Å². The molecule has 1 aliphatic heterocycles. The van der Waals surface area contributed by atoms with Crippen molar-refractivity contribution in [3.05, 3.63) is 29.3 Å². The van der Waals surface area contributed by atoms with Gasteiger partial charge >= 0.3 is 5.97 Å². The summed E-state index contributed by atoms with van der Waals surface area (Å²) in [5, 5.41) is 12.1. The fourth-order valence-corrected chi connectivity index (χ4v) is 3.22. The molecule has 0 saturated heterocycles. The van der Waals surface area contributed by atoms with E-state index in [1.54, 1.807) is 0 Å². The Morgan fingerprint density at radius 3 is 2.76 bits per heavy atom. The molecule has 3 rings (SSSR count). The van der Waals surface area contributed by atoms with E-state index < -0.39 is 11.5 Å². The quantitative estimate of drug-likeness (QED) is 0.884. The Morgan fingerprint density at radius 2 is 2.05 bits per heavy atom. The summed E-state index contributed by atoms with van der Waals surface area (Å²) in [4.78, 5) is 23.6. The van der Waals surface area contributed by atoms with Gasteiger partial charge in [0.05, 0.1) is 13.0 Å². The molecule has 1 aromatic carbocycles. The van der Waals surface area contributed by atoms with Crippen molar-refractivity contribution in [2.24, 2.45) is 0 Å². The maximum atomic E-state index is 12.2. The highest BCUT2D eigenvalue weighted by Gasteiger charge is 2.42. The number of carbonyl (C=O) groups excluding carboxylic acids is 1. The van der Waals surface area contributed by atoms with Crippen molar-refractivity contribution in [2.45, 2.75) is 44.1 Å². The number of ether oxygens (including phenoxy) is 1. The molecule has 2 aliphatic rings. The van der Waals surface area contributed by atoms with Crippen LogP contribution in [0.3, 0.4) is 0 Å². The molecule has 21 heavy (non-hydrogen) atoms. The lowest BCUT2D eigenvalue weighted by atomic mass is 9.97. The highest BCUT2D eigenvalue weighted by Crippen LogP contribution is 2.30. The summed E-state index contributed by atoms with van der Waals surface area (Å²) in [6.07, 6.45) is 3.82. The van der Waals surface area contributed by atoms with Crippen molar-refractivity contribution >= 4 is 11.9 Å². The third-order valence-electron chi connectivity index (χ3n) is 4.36. The van der Waals surface area contributed by atoms with E-state index in [1.807, 2.05) is 18.2 Å². The zero-order valence-electron chi connectivity index (χ0n) is 11.9. The van der Waals surface area contributed by atoms with E-state index in [1.165, 1.54) is 0 Å². The molecule has 1 aliphatic carbocycles. The van der Waals surface area contributed by atoms with E-state index in [9.17, 15) is 14.7 Å². The first kappa shape index (κ1) is 13.9. The molecular weight excluding hydrogens is 270 g/mol. The van der Waals surface area contributed by atoms with Crippen LogP contribution in [0.25, 0.3) is 0 Å². The van der Waals surface area contributed by atoms with Gasteiger partial charge in [-0.1, -0.05) is 25.0 Å². The summed E-state index contributed by atoms with van der Waals surface area (Å²) < 4.78 is 5.44. The summed E-state index contributed by atoms with van der Waals surface area (Å²) >= 11 is 0. The predicted molar refractivity (Wildman–Crippen MR) is 76.3 cm³/mol. The molecular formula is C16H19NO4. The van der Waals surface area contributed by atoms with Gasteiger partial charge in [-0.2, -0.15) is 0 Å². The summed E-state index contributed by atoms with van der Waals surface area (Å²) in [6.45, 7) is 0.688. The molecule has 0 bridgehead atoms. The number of nitrogens with one attached hydrogen (secondary N) is 1. The van der Waals surface area contributed by atoms with Crippen LogP contribution in [0.15, 0.2) is 18.2 Å². The summed E-state index contributed by atoms with van der Waals surface area (Å²) in [5.41, 5.74) is 0.959. The molecule has 1 heterocycles. The Bertz CT molecular complexity index is 576. The normalized spacial score (nSPS) is 18.9. The lowest BCUT2D eigenvalue weighted by Gasteiger charge is -2.25. The number of rotatable bonds is 4. The van der Waals surface area contributed by atoms with Gasteiger partial charge in [0.1, 0.15) is 11.3 Å². The first-order valence-electron chi connectivity index (χ1n) is 7.38. The number of hydrogen-bond donors (Lipinski definition) is 2. The number of carboxylic acids is 1. The minimum Gasteiger partial charge on any atom is -0.493 e. The molecule has 5 heteroatoms. The molecule has 0 spiro atoms. The van der Waals surface area contributed by atoms with Crippen molar-refractivity contribution in [3.63, 3.8) is 0 Å². The zero-order chi connectivity index (χ0) is 14.9. The number of carbonyl (C=O) groups is 2. The smallest absolute Gasteiger partial charge is 0.329 e. The minimum atomic E-state index is -1.06. The molecule has 0 atom stereocenters. The van der Waals surface area contributed by atoms with Crippen LogP contribution in [-0.2, 0) is 22.4 Å². The number of carboxylic acid groups (broad SMARTS) is 1. The van der Waals surface area contributed by atoms with E-state index in [-0.39, 0.29) is 12.3 Å². The monoisotopic (exact) mass is 289 g/mol. The first-order valence-corrected chi connectivity index (χ1v) is 7.38. The molecule has 1 fully saturated rings. The SMILES string of the molecule is O=C(Cc1ccc2c(c1)CCO2)NC1(C(=O)O)CCCC1. The van der Waals surface area contributed by atoms with Crippen LogP contribution in [0.5, 0.6) is 5.75 Å². The lowest BCUT2D eigenvalue weighted by Crippen LogP contribution is -2.52. The highest BCUT2D eigenvalue weighted by atomic mass is 16.5.